The van der Waals surface area contributed by atoms with Gasteiger partial charge in [-0.25, -0.2) is 0 Å². The first kappa shape index (κ1) is 24.9. The average Bonchev–Trinajstić information content (AvgIpc) is 3.50. The number of rotatable bonds is 8. The van der Waals surface area contributed by atoms with Crippen LogP contribution in [-0.2, 0) is 22.6 Å². The first-order valence-electron chi connectivity index (χ1n) is 12.1. The smallest absolute Gasteiger partial charge is 0.261 e. The standard InChI is InChI=1S/C30H24ClN5O2/c31-23-9-11-24(12-10-23)35-29(37)19-36-18-22(26-6-2-4-8-28(26)36)15-21(16-32)30(38)33-14-13-20-17-34-27-7-3-1-5-25(20)27/h1-12,15,17-18,34H,13-14,19H2,(H,33,38)(H,35,37)/b21-15-. The van der Waals surface area contributed by atoms with Crippen molar-refractivity contribution in [1.82, 2.24) is 14.9 Å². The number of hydrogen-bond acceptors (Lipinski definition) is 3. The van der Waals surface area contributed by atoms with Crippen molar-refractivity contribution in [2.24, 2.45) is 0 Å². The van der Waals surface area contributed by atoms with Crippen LogP contribution >= 0.6 is 11.6 Å². The Hall–Kier alpha value is -4.80. The van der Waals surface area contributed by atoms with Crippen LogP contribution in [0.15, 0.2) is 90.8 Å². The van der Waals surface area contributed by atoms with Crippen LogP contribution in [0.2, 0.25) is 5.02 Å². The molecular weight excluding hydrogens is 498 g/mol. The Kier molecular flexibility index (Phi) is 7.25. The Labute approximate surface area is 224 Å². The van der Waals surface area contributed by atoms with Crippen LogP contribution in [0.25, 0.3) is 27.9 Å². The molecule has 3 aromatic carbocycles. The minimum Gasteiger partial charge on any atom is -0.361 e. The molecule has 3 N–H and O–H groups in total. The monoisotopic (exact) mass is 521 g/mol. The predicted octanol–water partition coefficient (Wildman–Crippen LogP) is 5.68. The van der Waals surface area contributed by atoms with E-state index < -0.39 is 5.91 Å². The van der Waals surface area contributed by atoms with Crippen LogP contribution in [0.1, 0.15) is 11.1 Å². The lowest BCUT2D eigenvalue weighted by Gasteiger charge is -2.07. The lowest BCUT2D eigenvalue weighted by Crippen LogP contribution is -2.26. The molecule has 0 radical (unpaired) electrons. The summed E-state index contributed by atoms with van der Waals surface area (Å²) >= 11 is 5.92. The summed E-state index contributed by atoms with van der Waals surface area (Å²) in [4.78, 5) is 28.8. The summed E-state index contributed by atoms with van der Waals surface area (Å²) in [5.74, 6) is -0.649. The van der Waals surface area contributed by atoms with Gasteiger partial charge in [0.15, 0.2) is 0 Å². The fraction of sp³-hybridized carbons (Fsp3) is 0.100. The molecule has 188 valence electrons. The molecule has 2 amide bonds. The van der Waals surface area contributed by atoms with Gasteiger partial charge in [-0.3, -0.25) is 9.59 Å². The van der Waals surface area contributed by atoms with Crippen molar-refractivity contribution in [2.45, 2.75) is 13.0 Å². The maximum Gasteiger partial charge on any atom is 0.261 e. The molecule has 0 saturated carbocycles. The van der Waals surface area contributed by atoms with Gasteiger partial charge >= 0.3 is 0 Å². The summed E-state index contributed by atoms with van der Waals surface area (Å²) in [6.45, 7) is 0.460. The molecule has 0 aliphatic heterocycles. The summed E-state index contributed by atoms with van der Waals surface area (Å²) in [7, 11) is 0. The fourth-order valence-corrected chi connectivity index (χ4v) is 4.58. The van der Waals surface area contributed by atoms with E-state index in [1.165, 1.54) is 0 Å². The number of H-pyrrole nitrogens is 1. The Morgan fingerprint density at radius 1 is 1.00 bits per heavy atom. The fourth-order valence-electron chi connectivity index (χ4n) is 4.46. The second-order valence-electron chi connectivity index (χ2n) is 8.82. The van der Waals surface area contributed by atoms with Gasteiger partial charge in [-0.1, -0.05) is 48.0 Å². The molecule has 5 aromatic rings. The molecule has 0 atom stereocenters. The number of nitrogens with one attached hydrogen (secondary N) is 3. The number of nitrogens with zero attached hydrogens (tertiary/aromatic N) is 2. The number of nitriles is 1. The number of aromatic amines is 1. The third-order valence-electron chi connectivity index (χ3n) is 6.28. The van der Waals surface area contributed by atoms with Crippen molar-refractivity contribution >= 4 is 57.0 Å². The number of aromatic nitrogens is 2. The zero-order valence-electron chi connectivity index (χ0n) is 20.4. The molecule has 0 bridgehead atoms. The van der Waals surface area contributed by atoms with Crippen LogP contribution in [0.5, 0.6) is 0 Å². The van der Waals surface area contributed by atoms with Crippen molar-refractivity contribution in [3.05, 3.63) is 107 Å². The van der Waals surface area contributed by atoms with Crippen LogP contribution in [0, 0.1) is 11.3 Å². The maximum atomic E-state index is 12.8. The topological polar surface area (TPSA) is 103 Å². The van der Waals surface area contributed by atoms with E-state index >= 15 is 0 Å². The van der Waals surface area contributed by atoms with Crippen LogP contribution < -0.4 is 10.6 Å². The number of halogens is 1. The summed E-state index contributed by atoms with van der Waals surface area (Å²) in [5, 5.41) is 18.0. The zero-order chi connectivity index (χ0) is 26.5. The van der Waals surface area contributed by atoms with E-state index in [1.807, 2.05) is 60.8 Å². The lowest BCUT2D eigenvalue weighted by molar-refractivity contribution is -0.117. The van der Waals surface area contributed by atoms with E-state index in [4.69, 9.17) is 11.6 Å². The molecule has 2 aromatic heterocycles. The van der Waals surface area contributed by atoms with Gasteiger partial charge in [-0.05, 0) is 54.5 Å². The second-order valence-corrected chi connectivity index (χ2v) is 9.26. The van der Waals surface area contributed by atoms with Gasteiger partial charge in [0.05, 0.1) is 0 Å². The van der Waals surface area contributed by atoms with Gasteiger partial charge in [0, 0.05) is 57.0 Å². The van der Waals surface area contributed by atoms with Crippen LogP contribution in [0.4, 0.5) is 5.69 Å². The van der Waals surface area contributed by atoms with Crippen molar-refractivity contribution in [1.29, 1.82) is 5.26 Å². The minimum absolute atomic E-state index is 0.00237. The third-order valence-corrected chi connectivity index (χ3v) is 6.53. The number of para-hydroxylation sites is 2. The molecule has 38 heavy (non-hydrogen) atoms. The number of carbonyl (C=O) groups excluding carboxylic acids is 2. The third kappa shape index (κ3) is 5.46. The van der Waals surface area contributed by atoms with Crippen molar-refractivity contribution in [3.63, 3.8) is 0 Å². The SMILES string of the molecule is N#C/C(=C/c1cn(CC(=O)Nc2ccc(Cl)cc2)c2ccccc12)C(=O)NCCc1c[nH]c2ccccc12. The molecule has 0 unspecified atom stereocenters. The van der Waals surface area contributed by atoms with Gasteiger partial charge in [0.1, 0.15) is 18.2 Å². The van der Waals surface area contributed by atoms with Crippen molar-refractivity contribution < 1.29 is 9.59 Å². The quantitative estimate of drug-likeness (QED) is 0.181. The molecule has 0 aliphatic rings. The average molecular weight is 522 g/mol. The Morgan fingerprint density at radius 2 is 1.74 bits per heavy atom. The van der Waals surface area contributed by atoms with E-state index in [1.54, 1.807) is 41.1 Å². The first-order chi connectivity index (χ1) is 18.5. The largest absolute Gasteiger partial charge is 0.361 e. The van der Waals surface area contributed by atoms with Crippen LogP contribution in [-0.4, -0.2) is 27.9 Å². The zero-order valence-corrected chi connectivity index (χ0v) is 21.1. The van der Waals surface area contributed by atoms with Gasteiger partial charge in [0.2, 0.25) is 5.91 Å². The Balaban J connectivity index is 1.30. The normalized spacial score (nSPS) is 11.4. The number of anilines is 1. The number of amides is 2. The number of fused-ring (bicyclic) bond motifs is 2. The van der Waals surface area contributed by atoms with Crippen molar-refractivity contribution in [2.75, 3.05) is 11.9 Å². The van der Waals surface area contributed by atoms with E-state index in [2.05, 4.69) is 15.6 Å². The van der Waals surface area contributed by atoms with Crippen LogP contribution in [0.3, 0.4) is 0 Å². The minimum atomic E-state index is -0.440. The summed E-state index contributed by atoms with van der Waals surface area (Å²) in [6.07, 6.45) is 5.92. The summed E-state index contributed by atoms with van der Waals surface area (Å²) in [5.41, 5.74) is 4.29. The lowest BCUT2D eigenvalue weighted by atomic mass is 10.1. The highest BCUT2D eigenvalue weighted by Gasteiger charge is 2.14. The van der Waals surface area contributed by atoms with E-state index in [0.717, 1.165) is 27.4 Å². The van der Waals surface area contributed by atoms with E-state index in [9.17, 15) is 14.9 Å². The number of benzene rings is 3. The number of hydrogen-bond donors (Lipinski definition) is 3. The molecule has 2 heterocycles. The van der Waals surface area contributed by atoms with Gasteiger partial charge in [-0.15, -0.1) is 0 Å². The first-order valence-corrected chi connectivity index (χ1v) is 12.5. The van der Waals surface area contributed by atoms with E-state index in [0.29, 0.717) is 29.2 Å². The van der Waals surface area contributed by atoms with Gasteiger partial charge in [0.25, 0.3) is 5.91 Å². The summed E-state index contributed by atoms with van der Waals surface area (Å²) < 4.78 is 1.80. The van der Waals surface area contributed by atoms with Gasteiger partial charge < -0.3 is 20.2 Å². The maximum absolute atomic E-state index is 12.8. The predicted molar refractivity (Wildman–Crippen MR) is 151 cm³/mol. The molecule has 0 fully saturated rings. The molecule has 0 spiro atoms. The second kappa shape index (κ2) is 11.1. The van der Waals surface area contributed by atoms with Gasteiger partial charge in [-0.2, -0.15) is 5.26 Å². The molecule has 8 heteroatoms. The molecular formula is C30H24ClN5O2. The molecule has 5 rings (SSSR count). The highest BCUT2D eigenvalue weighted by atomic mass is 35.5. The highest BCUT2D eigenvalue weighted by Crippen LogP contribution is 2.24. The summed E-state index contributed by atoms with van der Waals surface area (Å²) in [6, 6.07) is 24.5. The molecule has 7 nitrogen and oxygen atoms in total. The Morgan fingerprint density at radius 3 is 2.53 bits per heavy atom. The molecule has 0 saturated heterocycles. The van der Waals surface area contributed by atoms with E-state index in [-0.39, 0.29) is 18.0 Å². The Bertz CT molecular complexity index is 1710. The number of carbonyl (C=O) groups is 2. The van der Waals surface area contributed by atoms with Crippen molar-refractivity contribution in [3.8, 4) is 6.07 Å². The highest BCUT2D eigenvalue weighted by molar-refractivity contribution is 6.30. The molecule has 0 aliphatic carbocycles.